The number of esters is 1. The van der Waals surface area contributed by atoms with Crippen molar-refractivity contribution in [1.29, 1.82) is 0 Å². The molecule has 1 aromatic rings. The zero-order valence-electron chi connectivity index (χ0n) is 16.6. The summed E-state index contributed by atoms with van der Waals surface area (Å²) in [4.78, 5) is 14.9. The van der Waals surface area contributed by atoms with E-state index in [4.69, 9.17) is 14.2 Å². The molecule has 0 saturated carbocycles. The first kappa shape index (κ1) is 21.3. The van der Waals surface area contributed by atoms with E-state index in [2.05, 4.69) is 11.0 Å². The molecule has 1 unspecified atom stereocenters. The Morgan fingerprint density at radius 2 is 2.19 bits per heavy atom. The molecule has 1 aromatic carbocycles. The second kappa shape index (κ2) is 10.3. The van der Waals surface area contributed by atoms with Gasteiger partial charge in [-0.05, 0) is 50.4 Å². The average Bonchev–Trinajstić information content (AvgIpc) is 2.68. The highest BCUT2D eigenvalue weighted by molar-refractivity contribution is 5.77. The summed E-state index contributed by atoms with van der Waals surface area (Å²) < 4.78 is 15.7. The molecule has 0 spiro atoms. The maximum absolute atomic E-state index is 12.6. The van der Waals surface area contributed by atoms with Gasteiger partial charge in [0.05, 0.1) is 19.1 Å². The Bertz CT molecular complexity index is 645. The molecular formula is C21H31NO5. The van der Waals surface area contributed by atoms with E-state index in [1.165, 1.54) is 7.11 Å². The molecule has 0 bridgehead atoms. The molecule has 1 heterocycles. The lowest BCUT2D eigenvalue weighted by Crippen LogP contribution is -2.49. The predicted molar refractivity (Wildman–Crippen MR) is 105 cm³/mol. The fourth-order valence-electron chi connectivity index (χ4n) is 3.57. The summed E-state index contributed by atoms with van der Waals surface area (Å²) in [5, 5.41) is 9.68. The summed E-state index contributed by atoms with van der Waals surface area (Å²) in [6, 6.07) is 5.26. The highest BCUT2D eigenvalue weighted by atomic mass is 16.5. The summed E-state index contributed by atoms with van der Waals surface area (Å²) >= 11 is 0. The molecule has 2 rings (SSSR count). The number of aromatic hydroxyl groups is 1. The lowest BCUT2D eigenvalue weighted by Gasteiger charge is -2.40. The van der Waals surface area contributed by atoms with Crippen LogP contribution >= 0.6 is 0 Å². The normalized spacial score (nSPS) is 20.7. The lowest BCUT2D eigenvalue weighted by molar-refractivity contribution is -0.160. The van der Waals surface area contributed by atoms with Crippen molar-refractivity contribution in [3.63, 3.8) is 0 Å². The van der Waals surface area contributed by atoms with Crippen LogP contribution in [0.4, 0.5) is 0 Å². The SMILES string of the molecule is CCOC(=O)C1(CCOC)CCCN(CC=Cc2ccc(O)c(OC)c2)C1. The first-order valence-corrected chi connectivity index (χ1v) is 9.46. The molecule has 150 valence electrons. The third kappa shape index (κ3) is 5.71. The smallest absolute Gasteiger partial charge is 0.313 e. The number of phenolic OH excluding ortho intramolecular Hbond substituents is 1. The summed E-state index contributed by atoms with van der Waals surface area (Å²) in [6.07, 6.45) is 6.55. The van der Waals surface area contributed by atoms with E-state index in [0.717, 1.165) is 31.5 Å². The number of carbonyl (C=O) groups is 1. The standard InChI is InChI=1S/C21H31NO5/c1-4-27-20(24)21(11-14-25-2)10-6-13-22(16-21)12-5-7-17-8-9-18(23)19(15-17)26-3/h5,7-9,15,23H,4,6,10-14,16H2,1-3H3. The van der Waals surface area contributed by atoms with Crippen LogP contribution in [0.2, 0.25) is 0 Å². The minimum absolute atomic E-state index is 0.112. The number of phenols is 1. The number of hydrogen-bond donors (Lipinski definition) is 1. The molecule has 1 aliphatic heterocycles. The van der Waals surface area contributed by atoms with Crippen molar-refractivity contribution < 1.29 is 24.1 Å². The van der Waals surface area contributed by atoms with Gasteiger partial charge in [-0.25, -0.2) is 0 Å². The first-order chi connectivity index (χ1) is 13.0. The Morgan fingerprint density at radius 1 is 1.37 bits per heavy atom. The summed E-state index contributed by atoms with van der Waals surface area (Å²) in [6.45, 7) is 5.18. The van der Waals surface area contributed by atoms with Crippen molar-refractivity contribution in [2.75, 3.05) is 47.1 Å². The third-order valence-corrected chi connectivity index (χ3v) is 5.03. The van der Waals surface area contributed by atoms with Gasteiger partial charge < -0.3 is 19.3 Å². The molecule has 0 aliphatic carbocycles. The van der Waals surface area contributed by atoms with Crippen LogP contribution < -0.4 is 4.74 Å². The molecule has 1 saturated heterocycles. The quantitative estimate of drug-likeness (QED) is 0.667. The maximum atomic E-state index is 12.6. The van der Waals surface area contributed by atoms with Crippen LogP contribution in [0.5, 0.6) is 11.5 Å². The Labute approximate surface area is 161 Å². The average molecular weight is 377 g/mol. The largest absolute Gasteiger partial charge is 0.504 e. The number of carbonyl (C=O) groups excluding carboxylic acids is 1. The van der Waals surface area contributed by atoms with Crippen molar-refractivity contribution in [3.05, 3.63) is 29.8 Å². The minimum Gasteiger partial charge on any atom is -0.504 e. The van der Waals surface area contributed by atoms with Gasteiger partial charge >= 0.3 is 5.97 Å². The Balaban J connectivity index is 2.02. The van der Waals surface area contributed by atoms with Gasteiger partial charge in [0.15, 0.2) is 11.5 Å². The van der Waals surface area contributed by atoms with Crippen molar-refractivity contribution in [3.8, 4) is 11.5 Å². The van der Waals surface area contributed by atoms with Gasteiger partial charge in [0.1, 0.15) is 0 Å². The minimum atomic E-state index is -0.486. The van der Waals surface area contributed by atoms with Crippen LogP contribution in [0.3, 0.4) is 0 Å². The van der Waals surface area contributed by atoms with Gasteiger partial charge in [-0.2, -0.15) is 0 Å². The van der Waals surface area contributed by atoms with E-state index in [1.54, 1.807) is 19.2 Å². The molecule has 1 atom stereocenters. The fraction of sp³-hybridized carbons (Fsp3) is 0.571. The number of hydrogen-bond acceptors (Lipinski definition) is 6. The monoisotopic (exact) mass is 377 g/mol. The molecular weight excluding hydrogens is 346 g/mol. The van der Waals surface area contributed by atoms with Gasteiger partial charge in [0.2, 0.25) is 0 Å². The molecule has 0 aromatic heterocycles. The van der Waals surface area contributed by atoms with E-state index in [1.807, 2.05) is 19.1 Å². The number of methoxy groups -OCH3 is 2. The van der Waals surface area contributed by atoms with Gasteiger partial charge in [-0.15, -0.1) is 0 Å². The van der Waals surface area contributed by atoms with E-state index < -0.39 is 5.41 Å². The molecule has 6 heteroatoms. The van der Waals surface area contributed by atoms with Crippen molar-refractivity contribution >= 4 is 12.0 Å². The molecule has 0 radical (unpaired) electrons. The van der Waals surface area contributed by atoms with E-state index >= 15 is 0 Å². The van der Waals surface area contributed by atoms with Crippen molar-refractivity contribution in [2.45, 2.75) is 26.2 Å². The number of likely N-dealkylation sites (tertiary alicyclic amines) is 1. The predicted octanol–water partition coefficient (Wildman–Crippen LogP) is 3.10. The molecule has 0 amide bonds. The first-order valence-electron chi connectivity index (χ1n) is 9.46. The van der Waals surface area contributed by atoms with E-state index in [9.17, 15) is 9.90 Å². The van der Waals surface area contributed by atoms with Gasteiger partial charge in [0, 0.05) is 26.8 Å². The van der Waals surface area contributed by atoms with Crippen LogP contribution in [-0.2, 0) is 14.3 Å². The summed E-state index contributed by atoms with van der Waals surface area (Å²) in [5.74, 6) is 0.470. The highest BCUT2D eigenvalue weighted by Crippen LogP contribution is 2.35. The summed E-state index contributed by atoms with van der Waals surface area (Å²) in [5.41, 5.74) is 0.470. The second-order valence-corrected chi connectivity index (χ2v) is 6.92. The Morgan fingerprint density at radius 3 is 2.89 bits per heavy atom. The topological polar surface area (TPSA) is 68.2 Å². The Kier molecular flexibility index (Phi) is 8.13. The summed E-state index contributed by atoms with van der Waals surface area (Å²) in [7, 11) is 3.19. The van der Waals surface area contributed by atoms with Gasteiger partial charge in [-0.1, -0.05) is 18.2 Å². The molecule has 1 aliphatic rings. The number of piperidine rings is 1. The molecule has 1 fully saturated rings. The van der Waals surface area contributed by atoms with Crippen LogP contribution in [0.1, 0.15) is 31.7 Å². The van der Waals surface area contributed by atoms with Crippen molar-refractivity contribution in [1.82, 2.24) is 4.90 Å². The maximum Gasteiger partial charge on any atom is 0.313 e. The number of nitrogens with zero attached hydrogens (tertiary/aromatic N) is 1. The van der Waals surface area contributed by atoms with Crippen LogP contribution in [0, 0.1) is 5.41 Å². The third-order valence-electron chi connectivity index (χ3n) is 5.03. The fourth-order valence-corrected chi connectivity index (χ4v) is 3.57. The van der Waals surface area contributed by atoms with Gasteiger partial charge in [-0.3, -0.25) is 9.69 Å². The lowest BCUT2D eigenvalue weighted by atomic mass is 9.77. The highest BCUT2D eigenvalue weighted by Gasteiger charge is 2.42. The van der Waals surface area contributed by atoms with E-state index in [0.29, 0.717) is 31.9 Å². The molecule has 1 N–H and O–H groups in total. The van der Waals surface area contributed by atoms with Crippen LogP contribution in [0.25, 0.3) is 6.08 Å². The van der Waals surface area contributed by atoms with Crippen molar-refractivity contribution in [2.24, 2.45) is 5.41 Å². The number of ether oxygens (including phenoxy) is 3. The van der Waals surface area contributed by atoms with E-state index in [-0.39, 0.29) is 11.7 Å². The number of benzene rings is 1. The zero-order chi connectivity index (χ0) is 19.7. The second-order valence-electron chi connectivity index (χ2n) is 6.92. The number of rotatable bonds is 9. The molecule has 6 nitrogen and oxygen atoms in total. The van der Waals surface area contributed by atoms with Gasteiger partial charge in [0.25, 0.3) is 0 Å². The van der Waals surface area contributed by atoms with Crippen LogP contribution in [-0.4, -0.2) is 63.0 Å². The van der Waals surface area contributed by atoms with Crippen LogP contribution in [0.15, 0.2) is 24.3 Å². The zero-order valence-corrected chi connectivity index (χ0v) is 16.6. The molecule has 27 heavy (non-hydrogen) atoms. The Hall–Kier alpha value is -2.05.